The van der Waals surface area contributed by atoms with E-state index >= 15 is 0 Å². The van der Waals surface area contributed by atoms with Crippen LogP contribution in [0, 0.1) is 6.92 Å². The number of nitrogens with one attached hydrogen (secondary N) is 1. The predicted octanol–water partition coefficient (Wildman–Crippen LogP) is 4.66. The van der Waals surface area contributed by atoms with Gasteiger partial charge in [0, 0.05) is 15.1 Å². The Morgan fingerprint density at radius 3 is 2.77 bits per heavy atom. The second-order valence-corrected chi connectivity index (χ2v) is 6.94. The molecule has 0 fully saturated rings. The minimum Gasteiger partial charge on any atom is -0.331 e. The number of ketones is 1. The predicted molar refractivity (Wildman–Crippen MR) is 92.8 cm³/mol. The molecule has 0 unspecified atom stereocenters. The minimum absolute atomic E-state index is 0.0347. The number of hydrogen-bond acceptors (Lipinski definition) is 4. The lowest BCUT2D eigenvalue weighted by molar-refractivity contribution is 0.102. The summed E-state index contributed by atoms with van der Waals surface area (Å²) in [6.45, 7) is 1.91. The third-order valence-electron chi connectivity index (χ3n) is 3.09. The van der Waals surface area contributed by atoms with Crippen molar-refractivity contribution in [1.29, 1.82) is 0 Å². The maximum absolute atomic E-state index is 12.1. The zero-order valence-corrected chi connectivity index (χ0v) is 14.7. The fraction of sp³-hybridized carbons (Fsp3) is 0.133. The van der Waals surface area contributed by atoms with E-state index in [1.54, 1.807) is 24.3 Å². The van der Waals surface area contributed by atoms with E-state index in [0.717, 1.165) is 15.7 Å². The van der Waals surface area contributed by atoms with Crippen molar-refractivity contribution in [3.05, 3.63) is 51.1 Å². The van der Waals surface area contributed by atoms with Crippen LogP contribution < -0.4 is 0 Å². The normalized spacial score (nSPS) is 11.0. The van der Waals surface area contributed by atoms with Gasteiger partial charge in [0.2, 0.25) is 0 Å². The minimum atomic E-state index is 0.0347. The number of benzene rings is 1. The summed E-state index contributed by atoms with van der Waals surface area (Å²) in [5, 5.41) is 1.30. The molecule has 0 aliphatic heterocycles. The van der Waals surface area contributed by atoms with Gasteiger partial charge in [-0.3, -0.25) is 4.79 Å². The van der Waals surface area contributed by atoms with Gasteiger partial charge in [-0.25, -0.2) is 9.97 Å². The van der Waals surface area contributed by atoms with Crippen LogP contribution in [0.15, 0.2) is 40.0 Å². The van der Waals surface area contributed by atoms with Gasteiger partial charge in [-0.1, -0.05) is 23.4 Å². The highest BCUT2D eigenvalue weighted by atomic mass is 79.9. The van der Waals surface area contributed by atoms with E-state index in [1.807, 2.05) is 13.0 Å². The van der Waals surface area contributed by atoms with Crippen molar-refractivity contribution < 1.29 is 4.79 Å². The van der Waals surface area contributed by atoms with Gasteiger partial charge >= 0.3 is 0 Å². The first-order chi connectivity index (χ1) is 10.5. The van der Waals surface area contributed by atoms with E-state index in [2.05, 4.69) is 30.9 Å². The highest BCUT2D eigenvalue weighted by Crippen LogP contribution is 2.23. The van der Waals surface area contributed by atoms with E-state index in [-0.39, 0.29) is 5.78 Å². The van der Waals surface area contributed by atoms with Gasteiger partial charge in [0.1, 0.15) is 0 Å². The van der Waals surface area contributed by atoms with Crippen LogP contribution in [0.4, 0.5) is 0 Å². The Bertz CT molecular complexity index is 809. The molecule has 2 aromatic heterocycles. The molecule has 2 heterocycles. The van der Waals surface area contributed by atoms with E-state index in [9.17, 15) is 4.79 Å². The monoisotopic (exact) mass is 395 g/mol. The molecule has 1 aromatic carbocycles. The molecular weight excluding hydrogens is 386 g/mol. The van der Waals surface area contributed by atoms with Gasteiger partial charge in [-0.15, -0.1) is 0 Å². The van der Waals surface area contributed by atoms with Gasteiger partial charge in [0.05, 0.1) is 17.0 Å². The lowest BCUT2D eigenvalue weighted by Crippen LogP contribution is -2.02. The van der Waals surface area contributed by atoms with Crippen LogP contribution in [0.2, 0.25) is 5.02 Å². The number of thioether (sulfide) groups is 1. The van der Waals surface area contributed by atoms with Crippen molar-refractivity contribution in [2.24, 2.45) is 0 Å². The van der Waals surface area contributed by atoms with Crippen LogP contribution >= 0.6 is 39.3 Å². The van der Waals surface area contributed by atoms with E-state index in [0.29, 0.717) is 27.1 Å². The summed E-state index contributed by atoms with van der Waals surface area (Å²) in [7, 11) is 0. The summed E-state index contributed by atoms with van der Waals surface area (Å²) in [5.41, 5.74) is 3.03. The number of rotatable bonds is 4. The molecule has 4 nitrogen and oxygen atoms in total. The van der Waals surface area contributed by atoms with Crippen molar-refractivity contribution in [3.8, 4) is 0 Å². The molecule has 0 spiro atoms. The van der Waals surface area contributed by atoms with E-state index in [4.69, 9.17) is 11.6 Å². The summed E-state index contributed by atoms with van der Waals surface area (Å²) in [4.78, 5) is 24.1. The van der Waals surface area contributed by atoms with Crippen molar-refractivity contribution in [1.82, 2.24) is 15.0 Å². The number of H-pyrrole nitrogens is 1. The summed E-state index contributed by atoms with van der Waals surface area (Å²) in [6.07, 6.45) is 0. The van der Waals surface area contributed by atoms with Crippen LogP contribution in [0.1, 0.15) is 16.1 Å². The van der Waals surface area contributed by atoms with Crippen LogP contribution in [-0.2, 0) is 0 Å². The quantitative estimate of drug-likeness (QED) is 0.515. The first-order valence-corrected chi connectivity index (χ1v) is 8.63. The molecule has 0 aliphatic carbocycles. The van der Waals surface area contributed by atoms with Crippen LogP contribution in [0.5, 0.6) is 0 Å². The fourth-order valence-corrected chi connectivity index (χ4v) is 3.12. The molecule has 112 valence electrons. The van der Waals surface area contributed by atoms with Gasteiger partial charge < -0.3 is 4.98 Å². The number of hydrogen-bond donors (Lipinski definition) is 1. The Morgan fingerprint density at radius 1 is 1.32 bits per heavy atom. The van der Waals surface area contributed by atoms with Gasteiger partial charge in [0.15, 0.2) is 16.6 Å². The molecule has 0 radical (unpaired) electrons. The first-order valence-electron chi connectivity index (χ1n) is 6.47. The van der Waals surface area contributed by atoms with Crippen LogP contribution in [0.25, 0.3) is 11.2 Å². The molecule has 0 saturated carbocycles. The van der Waals surface area contributed by atoms with Crippen molar-refractivity contribution >= 4 is 56.2 Å². The first kappa shape index (κ1) is 15.5. The lowest BCUT2D eigenvalue weighted by atomic mass is 10.1. The number of nitrogens with zero attached hydrogens (tertiary/aromatic N) is 2. The molecule has 0 aliphatic rings. The second-order valence-electron chi connectivity index (χ2n) is 4.69. The molecule has 3 aromatic rings. The number of pyridine rings is 1. The Morgan fingerprint density at radius 2 is 2.05 bits per heavy atom. The maximum Gasteiger partial charge on any atom is 0.178 e. The number of carbonyl (C=O) groups is 1. The third-order valence-corrected chi connectivity index (χ3v) is 5.01. The van der Waals surface area contributed by atoms with E-state index in [1.165, 1.54) is 11.8 Å². The Kier molecular flexibility index (Phi) is 4.52. The van der Waals surface area contributed by atoms with Crippen LogP contribution in [0.3, 0.4) is 0 Å². The van der Waals surface area contributed by atoms with Gasteiger partial charge in [-0.2, -0.15) is 0 Å². The largest absolute Gasteiger partial charge is 0.331 e. The number of Topliss-reactive ketones (excluding diaryl/α,β-unsaturated/α-hetero) is 1. The number of aromatic amines is 1. The zero-order chi connectivity index (χ0) is 15.7. The zero-order valence-electron chi connectivity index (χ0n) is 11.6. The summed E-state index contributed by atoms with van der Waals surface area (Å²) in [6, 6.07) is 8.82. The Labute approximate surface area is 144 Å². The smallest absolute Gasteiger partial charge is 0.178 e. The topological polar surface area (TPSA) is 58.6 Å². The van der Waals surface area contributed by atoms with Crippen molar-refractivity contribution in [2.75, 3.05) is 5.75 Å². The fourth-order valence-electron chi connectivity index (χ4n) is 1.91. The summed E-state index contributed by atoms with van der Waals surface area (Å²) >= 11 is 10.6. The number of fused-ring (bicyclic) bond motifs is 1. The number of halogens is 2. The van der Waals surface area contributed by atoms with E-state index < -0.39 is 0 Å². The van der Waals surface area contributed by atoms with Crippen molar-refractivity contribution in [2.45, 2.75) is 12.1 Å². The standard InChI is InChI=1S/C15H11BrClN3OS/c1-8-11(16)6-12-14(18-8)20-15(19-12)22-7-13(21)9-2-4-10(17)5-3-9/h2-6H,7H2,1H3,(H,18,19,20). The van der Waals surface area contributed by atoms with Gasteiger partial charge in [-0.05, 0) is 53.2 Å². The number of aryl methyl sites for hydroxylation is 1. The molecule has 7 heteroatoms. The Hall–Kier alpha value is -1.37. The molecule has 22 heavy (non-hydrogen) atoms. The molecule has 0 amide bonds. The number of aromatic nitrogens is 3. The molecular formula is C15H11BrClN3OS. The Balaban J connectivity index is 1.73. The second kappa shape index (κ2) is 6.40. The molecule has 3 rings (SSSR count). The highest BCUT2D eigenvalue weighted by molar-refractivity contribution is 9.10. The van der Waals surface area contributed by atoms with Crippen LogP contribution in [-0.4, -0.2) is 26.5 Å². The lowest BCUT2D eigenvalue weighted by Gasteiger charge is -1.99. The summed E-state index contributed by atoms with van der Waals surface area (Å²) in [5.74, 6) is 0.342. The average molecular weight is 397 g/mol. The highest BCUT2D eigenvalue weighted by Gasteiger charge is 2.11. The summed E-state index contributed by atoms with van der Waals surface area (Å²) < 4.78 is 0.928. The van der Waals surface area contributed by atoms with Gasteiger partial charge in [0.25, 0.3) is 0 Å². The number of imidazole rings is 1. The molecule has 1 N–H and O–H groups in total. The average Bonchev–Trinajstić information content (AvgIpc) is 2.88. The molecule has 0 atom stereocenters. The molecule has 0 saturated heterocycles. The number of carbonyl (C=O) groups excluding carboxylic acids is 1. The maximum atomic E-state index is 12.1. The third kappa shape index (κ3) is 3.34. The SMILES string of the molecule is Cc1nc2nc(SCC(=O)c3ccc(Cl)cc3)[nH]c2cc1Br. The van der Waals surface area contributed by atoms with Crippen molar-refractivity contribution in [3.63, 3.8) is 0 Å². The molecule has 0 bridgehead atoms.